The summed E-state index contributed by atoms with van der Waals surface area (Å²) in [5.74, 6) is 0.957. The van der Waals surface area contributed by atoms with Gasteiger partial charge in [-0.2, -0.15) is 0 Å². The van der Waals surface area contributed by atoms with Crippen LogP contribution in [0.15, 0.2) is 0 Å². The molecule has 0 aromatic heterocycles. The predicted molar refractivity (Wildman–Crippen MR) is 46.4 cm³/mol. The summed E-state index contributed by atoms with van der Waals surface area (Å²) in [5.41, 5.74) is 0. The van der Waals surface area contributed by atoms with Gasteiger partial charge in [0.05, 0.1) is 0 Å². The van der Waals surface area contributed by atoms with Gasteiger partial charge in [0.15, 0.2) is 0 Å². The van der Waals surface area contributed by atoms with Gasteiger partial charge in [-0.15, -0.1) is 0 Å². The SMILES string of the molecule is CC(C)[CH2][In]([CH3])[CH](C)C. The van der Waals surface area contributed by atoms with Crippen LogP contribution in [-0.4, -0.2) is 21.4 Å². The van der Waals surface area contributed by atoms with Gasteiger partial charge in [0.2, 0.25) is 0 Å². The molecule has 0 N–H and O–H groups in total. The van der Waals surface area contributed by atoms with Gasteiger partial charge in [0.25, 0.3) is 0 Å². The summed E-state index contributed by atoms with van der Waals surface area (Å²) < 4.78 is 5.19. The molecule has 0 rings (SSSR count). The van der Waals surface area contributed by atoms with Crippen LogP contribution in [0.4, 0.5) is 0 Å². The Morgan fingerprint density at radius 2 is 1.56 bits per heavy atom. The Balaban J connectivity index is 3.38. The molecule has 0 atom stereocenters. The molecule has 0 aromatic rings. The third kappa shape index (κ3) is 5.32. The Morgan fingerprint density at radius 3 is 1.67 bits per heavy atom. The molecular weight excluding hydrogens is 211 g/mol. The standard InChI is InChI=1S/C4H9.C3H7.CH3.In/c1-4(2)3;1-3-2;;/h4H,1H2,2-3H3;3H,1-2H3;1H3;. The van der Waals surface area contributed by atoms with Crippen molar-refractivity contribution in [1.29, 1.82) is 0 Å². The van der Waals surface area contributed by atoms with Crippen molar-refractivity contribution < 1.29 is 0 Å². The Hall–Kier alpha value is 0.870. The molecule has 0 nitrogen and oxygen atoms in total. The first kappa shape index (κ1) is 9.87. The van der Waals surface area contributed by atoms with Gasteiger partial charge in [0, 0.05) is 0 Å². The quantitative estimate of drug-likeness (QED) is 0.698. The number of hydrogen-bond acceptors (Lipinski definition) is 0. The van der Waals surface area contributed by atoms with E-state index in [0.29, 0.717) is 0 Å². The Bertz CT molecular complexity index is 67.0. The van der Waals surface area contributed by atoms with Crippen molar-refractivity contribution in [2.45, 2.75) is 40.2 Å². The summed E-state index contributed by atoms with van der Waals surface area (Å²) >= 11 is -0.961. The van der Waals surface area contributed by atoms with Gasteiger partial charge in [0.1, 0.15) is 0 Å². The first-order chi connectivity index (χ1) is 4.04. The normalized spacial score (nSPS) is 11.0. The van der Waals surface area contributed by atoms with Crippen LogP contribution < -0.4 is 0 Å². The molecule has 0 aromatic carbocycles. The van der Waals surface area contributed by atoms with Crippen molar-refractivity contribution in [2.75, 3.05) is 0 Å². The summed E-state index contributed by atoms with van der Waals surface area (Å²) in [6, 6.07) is 0. The van der Waals surface area contributed by atoms with Gasteiger partial charge >= 0.3 is 67.6 Å². The fourth-order valence-electron chi connectivity index (χ4n) is 1.02. The maximum absolute atomic E-state index is 2.55. The molecule has 0 aliphatic rings. The predicted octanol–water partition coefficient (Wildman–Crippen LogP) is 3.18. The molecule has 0 radical (unpaired) electrons. The Labute approximate surface area is 67.6 Å². The van der Waals surface area contributed by atoms with Crippen molar-refractivity contribution in [1.82, 2.24) is 0 Å². The van der Waals surface area contributed by atoms with E-state index in [0.717, 1.165) is 9.59 Å². The van der Waals surface area contributed by atoms with Crippen LogP contribution in [0.3, 0.4) is 0 Å². The van der Waals surface area contributed by atoms with Crippen LogP contribution in [0, 0.1) is 5.92 Å². The van der Waals surface area contributed by atoms with Gasteiger partial charge in [-0.3, -0.25) is 0 Å². The topological polar surface area (TPSA) is 0 Å². The van der Waals surface area contributed by atoms with Crippen molar-refractivity contribution in [2.24, 2.45) is 5.92 Å². The molecule has 0 bridgehead atoms. The molecule has 54 valence electrons. The molecule has 0 fully saturated rings. The minimum atomic E-state index is -0.961. The van der Waals surface area contributed by atoms with E-state index in [9.17, 15) is 0 Å². The second-order valence-corrected chi connectivity index (χ2v) is 14.6. The third-order valence-corrected chi connectivity index (χ3v) is 13.3. The van der Waals surface area contributed by atoms with Crippen molar-refractivity contribution >= 4 is 21.4 Å². The van der Waals surface area contributed by atoms with Crippen LogP contribution in [0.2, 0.25) is 12.5 Å². The molecule has 0 amide bonds. The van der Waals surface area contributed by atoms with Gasteiger partial charge in [-0.25, -0.2) is 0 Å². The molecule has 0 unspecified atom stereocenters. The molecule has 0 saturated heterocycles. The molecule has 0 aliphatic heterocycles. The van der Waals surface area contributed by atoms with Crippen LogP contribution in [0.1, 0.15) is 27.7 Å². The van der Waals surface area contributed by atoms with E-state index in [2.05, 4.69) is 32.4 Å². The first-order valence-electron chi connectivity index (χ1n) is 4.04. The Morgan fingerprint density at radius 1 is 1.11 bits per heavy atom. The zero-order valence-corrected chi connectivity index (χ0v) is 10.7. The van der Waals surface area contributed by atoms with Gasteiger partial charge in [-0.05, 0) is 0 Å². The molecule has 1 heteroatoms. The summed E-state index contributed by atoms with van der Waals surface area (Å²) in [6.45, 7) is 9.47. The minimum absolute atomic E-state index is 0.957. The summed E-state index contributed by atoms with van der Waals surface area (Å²) in [7, 11) is 0. The molecule has 0 aliphatic carbocycles. The Kier molecular flexibility index (Phi) is 5.10. The van der Waals surface area contributed by atoms with Crippen LogP contribution in [-0.2, 0) is 0 Å². The molecule has 9 heavy (non-hydrogen) atoms. The maximum atomic E-state index is 2.55. The van der Waals surface area contributed by atoms with Gasteiger partial charge < -0.3 is 0 Å². The van der Waals surface area contributed by atoms with E-state index in [4.69, 9.17) is 0 Å². The fourth-order valence-corrected chi connectivity index (χ4v) is 6.81. The zero-order valence-electron chi connectivity index (χ0n) is 7.44. The molecule has 0 spiro atoms. The van der Waals surface area contributed by atoms with Crippen LogP contribution in [0.5, 0.6) is 0 Å². The first-order valence-corrected chi connectivity index (χ1v) is 11.6. The van der Waals surface area contributed by atoms with E-state index in [-0.39, 0.29) is 0 Å². The number of rotatable bonds is 3. The molecular formula is C8H19In. The van der Waals surface area contributed by atoms with E-state index in [1.54, 1.807) is 4.18 Å². The molecule has 0 saturated carbocycles. The number of hydrogen-bond donors (Lipinski definition) is 0. The van der Waals surface area contributed by atoms with Crippen molar-refractivity contribution in [3.05, 3.63) is 0 Å². The van der Waals surface area contributed by atoms with E-state index < -0.39 is 21.4 Å². The monoisotopic (exact) mass is 230 g/mol. The average Bonchev–Trinajstić information content (AvgIpc) is 1.63. The fraction of sp³-hybridized carbons (Fsp3) is 1.00. The second kappa shape index (κ2) is 4.65. The van der Waals surface area contributed by atoms with Crippen molar-refractivity contribution in [3.8, 4) is 0 Å². The third-order valence-electron chi connectivity index (χ3n) is 1.98. The molecule has 0 heterocycles. The zero-order chi connectivity index (χ0) is 7.44. The van der Waals surface area contributed by atoms with Crippen molar-refractivity contribution in [3.63, 3.8) is 0 Å². The van der Waals surface area contributed by atoms with E-state index in [1.165, 1.54) is 0 Å². The van der Waals surface area contributed by atoms with Crippen LogP contribution >= 0.6 is 0 Å². The average molecular weight is 230 g/mol. The second-order valence-electron chi connectivity index (χ2n) is 3.85. The summed E-state index contributed by atoms with van der Waals surface area (Å²) in [5, 5.41) is 0. The summed E-state index contributed by atoms with van der Waals surface area (Å²) in [6.07, 6.45) is 0. The summed E-state index contributed by atoms with van der Waals surface area (Å²) in [4.78, 5) is 0. The van der Waals surface area contributed by atoms with Crippen LogP contribution in [0.25, 0.3) is 0 Å². The van der Waals surface area contributed by atoms with E-state index >= 15 is 0 Å². The van der Waals surface area contributed by atoms with E-state index in [1.807, 2.05) is 0 Å². The van der Waals surface area contributed by atoms with Gasteiger partial charge in [-0.1, -0.05) is 0 Å².